The molecule has 0 spiro atoms. The number of hydrogen-bond acceptors (Lipinski definition) is 2. The van der Waals surface area contributed by atoms with Crippen LogP contribution in [0.3, 0.4) is 0 Å². The predicted octanol–water partition coefficient (Wildman–Crippen LogP) is 5.52. The normalized spacial score (nSPS) is 12.5. The molecule has 21 heavy (non-hydrogen) atoms. The van der Waals surface area contributed by atoms with Crippen LogP contribution in [0, 0.1) is 5.82 Å². The van der Waals surface area contributed by atoms with Crippen LogP contribution in [0.2, 0.25) is 0 Å². The van der Waals surface area contributed by atoms with Gasteiger partial charge in [-0.2, -0.15) is 0 Å². The highest BCUT2D eigenvalue weighted by atomic mass is 79.9. The van der Waals surface area contributed by atoms with Crippen LogP contribution in [0.5, 0.6) is 11.5 Å². The summed E-state index contributed by atoms with van der Waals surface area (Å²) in [5, 5.41) is 0. The van der Waals surface area contributed by atoms with Crippen LogP contribution in [0.25, 0.3) is 0 Å². The molecule has 112 valence electrons. The van der Waals surface area contributed by atoms with Crippen molar-refractivity contribution in [2.45, 2.75) is 32.7 Å². The first-order chi connectivity index (χ1) is 9.88. The molecule has 0 saturated heterocycles. The Morgan fingerprint density at radius 3 is 2.29 bits per heavy atom. The minimum Gasteiger partial charge on any atom is -0.454 e. The molecular weight excluding hydrogens is 333 g/mol. The third kappa shape index (κ3) is 3.83. The Bertz CT molecular complexity index is 641. The topological polar surface area (TPSA) is 35.2 Å². The van der Waals surface area contributed by atoms with E-state index in [2.05, 4.69) is 29.8 Å². The fourth-order valence-electron chi connectivity index (χ4n) is 2.06. The zero-order valence-electron chi connectivity index (χ0n) is 12.4. The summed E-state index contributed by atoms with van der Waals surface area (Å²) in [6.45, 7) is 5.97. The molecule has 0 bridgehead atoms. The Morgan fingerprint density at radius 2 is 1.71 bits per heavy atom. The van der Waals surface area contributed by atoms with Gasteiger partial charge in [0.15, 0.2) is 11.6 Å². The summed E-state index contributed by atoms with van der Waals surface area (Å²) in [4.78, 5) is 0. The standard InChI is InChI=1S/C17H19BrFNO/c1-10(2)14-9-13(18)5-7-16(14)21-17-6-4-12(11(3)20)8-15(17)19/h4-11H,20H2,1-3H3. The van der Waals surface area contributed by atoms with Gasteiger partial charge in [0.25, 0.3) is 0 Å². The molecule has 0 saturated carbocycles. The third-order valence-electron chi connectivity index (χ3n) is 3.30. The summed E-state index contributed by atoms with van der Waals surface area (Å²) >= 11 is 3.45. The van der Waals surface area contributed by atoms with Gasteiger partial charge in [-0.05, 0) is 54.3 Å². The maximum atomic E-state index is 14.1. The van der Waals surface area contributed by atoms with Gasteiger partial charge in [0.05, 0.1) is 0 Å². The number of ether oxygens (including phenoxy) is 1. The van der Waals surface area contributed by atoms with E-state index in [0.717, 1.165) is 15.6 Å². The van der Waals surface area contributed by atoms with Crippen molar-refractivity contribution < 1.29 is 9.13 Å². The van der Waals surface area contributed by atoms with E-state index in [4.69, 9.17) is 10.5 Å². The van der Waals surface area contributed by atoms with Crippen LogP contribution < -0.4 is 10.5 Å². The number of nitrogens with two attached hydrogens (primary N) is 1. The lowest BCUT2D eigenvalue weighted by atomic mass is 10.0. The summed E-state index contributed by atoms with van der Waals surface area (Å²) in [5.41, 5.74) is 7.53. The molecule has 0 radical (unpaired) electrons. The first-order valence-electron chi connectivity index (χ1n) is 6.91. The summed E-state index contributed by atoms with van der Waals surface area (Å²) in [6, 6.07) is 10.4. The zero-order chi connectivity index (χ0) is 15.6. The molecule has 0 fully saturated rings. The van der Waals surface area contributed by atoms with Crippen LogP contribution in [0.4, 0.5) is 4.39 Å². The average molecular weight is 352 g/mol. The van der Waals surface area contributed by atoms with Gasteiger partial charge in [-0.25, -0.2) is 4.39 Å². The van der Waals surface area contributed by atoms with Gasteiger partial charge in [0.1, 0.15) is 5.75 Å². The SMILES string of the molecule is CC(C)c1cc(Br)ccc1Oc1ccc(C(C)N)cc1F. The van der Waals surface area contributed by atoms with Crippen molar-refractivity contribution in [1.29, 1.82) is 0 Å². The molecule has 0 heterocycles. The molecular formula is C17H19BrFNO. The van der Waals surface area contributed by atoms with E-state index in [9.17, 15) is 4.39 Å². The highest BCUT2D eigenvalue weighted by molar-refractivity contribution is 9.10. The largest absolute Gasteiger partial charge is 0.454 e. The molecule has 0 amide bonds. The maximum Gasteiger partial charge on any atom is 0.166 e. The molecule has 2 nitrogen and oxygen atoms in total. The molecule has 0 aromatic heterocycles. The zero-order valence-corrected chi connectivity index (χ0v) is 13.9. The lowest BCUT2D eigenvalue weighted by Gasteiger charge is -2.15. The average Bonchev–Trinajstić information content (AvgIpc) is 2.42. The second-order valence-electron chi connectivity index (χ2n) is 5.42. The number of halogens is 2. The monoisotopic (exact) mass is 351 g/mol. The highest BCUT2D eigenvalue weighted by Gasteiger charge is 2.13. The molecule has 2 N–H and O–H groups in total. The Hall–Kier alpha value is -1.39. The van der Waals surface area contributed by atoms with E-state index >= 15 is 0 Å². The smallest absolute Gasteiger partial charge is 0.166 e. The van der Waals surface area contributed by atoms with E-state index in [0.29, 0.717) is 5.75 Å². The number of hydrogen-bond donors (Lipinski definition) is 1. The molecule has 2 aromatic rings. The minimum absolute atomic E-state index is 0.201. The first kappa shape index (κ1) is 16.0. The quantitative estimate of drug-likeness (QED) is 0.786. The maximum absolute atomic E-state index is 14.1. The van der Waals surface area contributed by atoms with Gasteiger partial charge >= 0.3 is 0 Å². The van der Waals surface area contributed by atoms with Gasteiger partial charge in [0.2, 0.25) is 0 Å². The molecule has 2 aromatic carbocycles. The van der Waals surface area contributed by atoms with Crippen LogP contribution in [0.1, 0.15) is 43.9 Å². The lowest BCUT2D eigenvalue weighted by Crippen LogP contribution is -2.05. The fourth-order valence-corrected chi connectivity index (χ4v) is 2.44. The number of benzene rings is 2. The fraction of sp³-hybridized carbons (Fsp3) is 0.294. The Morgan fingerprint density at radius 1 is 1.05 bits per heavy atom. The molecule has 1 atom stereocenters. The van der Waals surface area contributed by atoms with Gasteiger partial charge in [-0.1, -0.05) is 35.8 Å². The van der Waals surface area contributed by atoms with Crippen LogP contribution in [-0.4, -0.2) is 0 Å². The lowest BCUT2D eigenvalue weighted by molar-refractivity contribution is 0.434. The van der Waals surface area contributed by atoms with Crippen LogP contribution in [-0.2, 0) is 0 Å². The summed E-state index contributed by atoms with van der Waals surface area (Å²) < 4.78 is 20.9. The van der Waals surface area contributed by atoms with E-state index in [-0.39, 0.29) is 17.7 Å². The Labute approximate surface area is 133 Å². The third-order valence-corrected chi connectivity index (χ3v) is 3.79. The van der Waals surface area contributed by atoms with E-state index < -0.39 is 5.82 Å². The van der Waals surface area contributed by atoms with Crippen molar-refractivity contribution in [2.75, 3.05) is 0 Å². The first-order valence-corrected chi connectivity index (χ1v) is 7.70. The summed E-state index contributed by atoms with van der Waals surface area (Å²) in [7, 11) is 0. The molecule has 4 heteroatoms. The van der Waals surface area contributed by atoms with Crippen molar-refractivity contribution in [2.24, 2.45) is 5.73 Å². The Balaban J connectivity index is 2.34. The van der Waals surface area contributed by atoms with E-state index in [1.807, 2.05) is 25.1 Å². The van der Waals surface area contributed by atoms with Gasteiger partial charge < -0.3 is 10.5 Å². The summed E-state index contributed by atoms with van der Waals surface area (Å²) in [5.74, 6) is 0.760. The number of rotatable bonds is 4. The molecule has 2 rings (SSSR count). The van der Waals surface area contributed by atoms with Gasteiger partial charge in [0, 0.05) is 10.5 Å². The van der Waals surface area contributed by atoms with Crippen molar-refractivity contribution in [3.05, 3.63) is 57.8 Å². The van der Waals surface area contributed by atoms with E-state index in [1.54, 1.807) is 12.1 Å². The molecule has 0 aliphatic heterocycles. The minimum atomic E-state index is -0.401. The molecule has 0 aliphatic carbocycles. The van der Waals surface area contributed by atoms with E-state index in [1.165, 1.54) is 6.07 Å². The van der Waals surface area contributed by atoms with Crippen LogP contribution in [0.15, 0.2) is 40.9 Å². The predicted molar refractivity (Wildman–Crippen MR) is 87.3 cm³/mol. The van der Waals surface area contributed by atoms with Crippen molar-refractivity contribution >= 4 is 15.9 Å². The van der Waals surface area contributed by atoms with Gasteiger partial charge in [-0.3, -0.25) is 0 Å². The van der Waals surface area contributed by atoms with Crippen molar-refractivity contribution in [1.82, 2.24) is 0 Å². The Kier molecular flexibility index (Phi) is 5.01. The van der Waals surface area contributed by atoms with Gasteiger partial charge in [-0.15, -0.1) is 0 Å². The molecule has 0 aliphatic rings. The van der Waals surface area contributed by atoms with Crippen LogP contribution >= 0.6 is 15.9 Å². The van der Waals surface area contributed by atoms with Crippen molar-refractivity contribution in [3.8, 4) is 11.5 Å². The summed E-state index contributed by atoms with van der Waals surface area (Å²) in [6.07, 6.45) is 0. The second kappa shape index (κ2) is 6.58. The highest BCUT2D eigenvalue weighted by Crippen LogP contribution is 2.34. The second-order valence-corrected chi connectivity index (χ2v) is 6.33. The van der Waals surface area contributed by atoms with Crippen molar-refractivity contribution in [3.63, 3.8) is 0 Å². The molecule has 1 unspecified atom stereocenters.